The van der Waals surface area contributed by atoms with Gasteiger partial charge in [0.25, 0.3) is 0 Å². The summed E-state index contributed by atoms with van der Waals surface area (Å²) in [5, 5.41) is 5.13. The molecule has 0 bridgehead atoms. The van der Waals surface area contributed by atoms with E-state index in [1.807, 2.05) is 0 Å². The SMILES string of the molecule is C/C(=N\NC(=O)OC(C)(C)C)N(C)NC(=O)OC(C)(C)C. The first kappa shape index (κ1) is 19.0. The smallest absolute Gasteiger partial charge is 0.428 e. The molecular formula is C13H26N4O4. The number of amidine groups is 1. The molecule has 0 radical (unpaired) electrons. The lowest BCUT2D eigenvalue weighted by molar-refractivity contribution is 0.0435. The first-order valence-corrected chi connectivity index (χ1v) is 6.57. The zero-order valence-electron chi connectivity index (χ0n) is 14.0. The summed E-state index contributed by atoms with van der Waals surface area (Å²) in [5.74, 6) is 0.353. The van der Waals surface area contributed by atoms with Crippen molar-refractivity contribution >= 4 is 18.0 Å². The third-order valence-corrected chi connectivity index (χ3v) is 1.85. The second-order valence-electron chi connectivity index (χ2n) is 6.45. The number of hydrazone groups is 1. The molecule has 0 aromatic carbocycles. The van der Waals surface area contributed by atoms with Gasteiger partial charge in [0.15, 0.2) is 0 Å². The minimum Gasteiger partial charge on any atom is -0.443 e. The lowest BCUT2D eigenvalue weighted by Crippen LogP contribution is -2.45. The average molecular weight is 302 g/mol. The Morgan fingerprint density at radius 1 is 0.952 bits per heavy atom. The average Bonchev–Trinajstić information content (AvgIpc) is 2.20. The third kappa shape index (κ3) is 10.5. The van der Waals surface area contributed by atoms with Crippen LogP contribution in [-0.2, 0) is 9.47 Å². The van der Waals surface area contributed by atoms with Crippen molar-refractivity contribution in [1.29, 1.82) is 0 Å². The summed E-state index contributed by atoms with van der Waals surface area (Å²) in [7, 11) is 1.57. The van der Waals surface area contributed by atoms with E-state index in [0.29, 0.717) is 5.84 Å². The monoisotopic (exact) mass is 302 g/mol. The largest absolute Gasteiger partial charge is 0.443 e. The van der Waals surface area contributed by atoms with Gasteiger partial charge in [-0.25, -0.2) is 20.4 Å². The number of carbonyl (C=O) groups is 2. The Bertz CT molecular complexity index is 407. The molecule has 0 fully saturated rings. The van der Waals surface area contributed by atoms with Crippen molar-refractivity contribution in [2.24, 2.45) is 5.10 Å². The van der Waals surface area contributed by atoms with Crippen LogP contribution in [0.25, 0.3) is 0 Å². The fraction of sp³-hybridized carbons (Fsp3) is 0.769. The van der Waals surface area contributed by atoms with Crippen LogP contribution in [0, 0.1) is 0 Å². The van der Waals surface area contributed by atoms with E-state index in [2.05, 4.69) is 16.0 Å². The van der Waals surface area contributed by atoms with Crippen LogP contribution in [0.5, 0.6) is 0 Å². The lowest BCUT2D eigenvalue weighted by Gasteiger charge is -2.24. The molecule has 0 aliphatic carbocycles. The normalized spacial score (nSPS) is 12.5. The Morgan fingerprint density at radius 2 is 1.38 bits per heavy atom. The molecule has 0 aromatic heterocycles. The van der Waals surface area contributed by atoms with Gasteiger partial charge in [0, 0.05) is 7.05 Å². The molecule has 21 heavy (non-hydrogen) atoms. The van der Waals surface area contributed by atoms with Crippen LogP contribution in [0.1, 0.15) is 48.5 Å². The minimum atomic E-state index is -0.674. The van der Waals surface area contributed by atoms with E-state index in [9.17, 15) is 9.59 Å². The van der Waals surface area contributed by atoms with Crippen molar-refractivity contribution in [2.75, 3.05) is 7.05 Å². The third-order valence-electron chi connectivity index (χ3n) is 1.85. The Balaban J connectivity index is 4.38. The van der Waals surface area contributed by atoms with E-state index in [0.717, 1.165) is 0 Å². The highest BCUT2D eigenvalue weighted by molar-refractivity contribution is 5.82. The maximum atomic E-state index is 11.6. The van der Waals surface area contributed by atoms with E-state index < -0.39 is 23.4 Å². The van der Waals surface area contributed by atoms with Crippen molar-refractivity contribution < 1.29 is 19.1 Å². The van der Waals surface area contributed by atoms with Gasteiger partial charge in [0.1, 0.15) is 17.0 Å². The van der Waals surface area contributed by atoms with Crippen LogP contribution < -0.4 is 10.9 Å². The number of nitrogens with one attached hydrogen (secondary N) is 2. The number of hydrazine groups is 1. The Hall–Kier alpha value is -1.99. The molecular weight excluding hydrogens is 276 g/mol. The summed E-state index contributed by atoms with van der Waals surface area (Å²) in [4.78, 5) is 23.0. The highest BCUT2D eigenvalue weighted by atomic mass is 16.6. The van der Waals surface area contributed by atoms with E-state index in [4.69, 9.17) is 9.47 Å². The van der Waals surface area contributed by atoms with Crippen LogP contribution in [0.2, 0.25) is 0 Å². The van der Waals surface area contributed by atoms with Crippen molar-refractivity contribution in [3.63, 3.8) is 0 Å². The van der Waals surface area contributed by atoms with Crippen molar-refractivity contribution in [2.45, 2.75) is 59.7 Å². The fourth-order valence-corrected chi connectivity index (χ4v) is 1.02. The number of nitrogens with zero attached hydrogens (tertiary/aromatic N) is 2. The van der Waals surface area contributed by atoms with Gasteiger partial charge in [-0.15, -0.1) is 0 Å². The molecule has 8 heteroatoms. The van der Waals surface area contributed by atoms with E-state index in [1.165, 1.54) is 5.01 Å². The number of amides is 2. The first-order valence-electron chi connectivity index (χ1n) is 6.57. The van der Waals surface area contributed by atoms with E-state index in [-0.39, 0.29) is 0 Å². The predicted octanol–water partition coefficient (Wildman–Crippen LogP) is 2.22. The van der Waals surface area contributed by atoms with Crippen molar-refractivity contribution in [1.82, 2.24) is 15.9 Å². The maximum Gasteiger partial charge on any atom is 0.428 e. The van der Waals surface area contributed by atoms with Crippen LogP contribution in [0.3, 0.4) is 0 Å². The molecule has 0 rings (SSSR count). The van der Waals surface area contributed by atoms with Crippen LogP contribution >= 0.6 is 0 Å². The molecule has 8 nitrogen and oxygen atoms in total. The van der Waals surface area contributed by atoms with Gasteiger partial charge in [0.05, 0.1) is 0 Å². The molecule has 2 N–H and O–H groups in total. The summed E-state index contributed by atoms with van der Waals surface area (Å²) in [6.45, 7) is 12.1. The molecule has 122 valence electrons. The molecule has 0 saturated heterocycles. The lowest BCUT2D eigenvalue weighted by atomic mass is 10.2. The maximum absolute atomic E-state index is 11.6. The molecule has 0 aliphatic rings. The van der Waals surface area contributed by atoms with Gasteiger partial charge in [0.2, 0.25) is 0 Å². The Morgan fingerprint density at radius 3 is 1.81 bits per heavy atom. The zero-order valence-corrected chi connectivity index (χ0v) is 14.0. The van der Waals surface area contributed by atoms with Crippen molar-refractivity contribution in [3.8, 4) is 0 Å². The first-order chi connectivity index (χ1) is 9.30. The molecule has 0 spiro atoms. The molecule has 0 saturated carbocycles. The standard InChI is InChI=1S/C13H26N4O4/c1-9(14-15-10(18)20-12(2,3)4)17(8)16-11(19)21-13(5,6)7/h1-8H3,(H,15,18)(H,16,19)/b14-9+. The quantitative estimate of drug-likeness (QED) is 0.440. The van der Waals surface area contributed by atoms with Crippen LogP contribution in [0.15, 0.2) is 5.10 Å². The number of carbonyl (C=O) groups excluding carboxylic acids is 2. The van der Waals surface area contributed by atoms with Gasteiger partial charge >= 0.3 is 12.2 Å². The molecule has 2 amide bonds. The molecule has 0 aromatic rings. The predicted molar refractivity (Wildman–Crippen MR) is 79.6 cm³/mol. The Labute approximate surface area is 125 Å². The summed E-state index contributed by atoms with van der Waals surface area (Å²) < 4.78 is 10.1. The van der Waals surface area contributed by atoms with E-state index in [1.54, 1.807) is 55.5 Å². The summed E-state index contributed by atoms with van der Waals surface area (Å²) >= 11 is 0. The van der Waals surface area contributed by atoms with Crippen LogP contribution in [-0.4, -0.2) is 41.3 Å². The molecule has 0 atom stereocenters. The fourth-order valence-electron chi connectivity index (χ4n) is 1.02. The van der Waals surface area contributed by atoms with Gasteiger partial charge in [-0.2, -0.15) is 5.10 Å². The van der Waals surface area contributed by atoms with Gasteiger partial charge in [-0.1, -0.05) is 0 Å². The number of rotatable bonds is 1. The minimum absolute atomic E-state index is 0.353. The highest BCUT2D eigenvalue weighted by Crippen LogP contribution is 2.07. The Kier molecular flexibility index (Phi) is 6.47. The number of ether oxygens (including phenoxy) is 2. The van der Waals surface area contributed by atoms with Crippen LogP contribution in [0.4, 0.5) is 9.59 Å². The topological polar surface area (TPSA) is 92.3 Å². The van der Waals surface area contributed by atoms with Gasteiger partial charge in [-0.05, 0) is 48.5 Å². The second kappa shape index (κ2) is 7.14. The molecule has 0 unspecified atom stereocenters. The molecule has 0 heterocycles. The summed E-state index contributed by atoms with van der Waals surface area (Å²) in [6.07, 6.45) is -1.29. The number of hydrogen-bond acceptors (Lipinski definition) is 5. The van der Waals surface area contributed by atoms with E-state index >= 15 is 0 Å². The zero-order chi connectivity index (χ0) is 16.8. The summed E-state index contributed by atoms with van der Waals surface area (Å²) in [6, 6.07) is 0. The van der Waals surface area contributed by atoms with Gasteiger partial charge < -0.3 is 9.47 Å². The summed E-state index contributed by atoms with van der Waals surface area (Å²) in [5.41, 5.74) is 3.50. The number of hydrogen-bond donors (Lipinski definition) is 2. The van der Waals surface area contributed by atoms with Crippen molar-refractivity contribution in [3.05, 3.63) is 0 Å². The molecule has 0 aliphatic heterocycles. The second-order valence-corrected chi connectivity index (χ2v) is 6.45. The van der Waals surface area contributed by atoms with Gasteiger partial charge in [-0.3, -0.25) is 5.01 Å². The highest BCUT2D eigenvalue weighted by Gasteiger charge is 2.18.